The number of carbonyl (C=O) groups is 2. The molecule has 21 heavy (non-hydrogen) atoms. The van der Waals surface area contributed by atoms with Crippen molar-refractivity contribution < 1.29 is 24.5 Å². The minimum atomic E-state index is -0.947. The Labute approximate surface area is 124 Å². The average Bonchev–Trinajstić information content (AvgIpc) is 2.48. The second kappa shape index (κ2) is 9.77. The van der Waals surface area contributed by atoms with Gasteiger partial charge >= 0.3 is 5.97 Å². The fourth-order valence-corrected chi connectivity index (χ4v) is 1.78. The Balaban J connectivity index is 2.38. The summed E-state index contributed by atoms with van der Waals surface area (Å²) in [6.07, 6.45) is 0.515. The molecule has 2 N–H and O–H groups in total. The molecule has 1 aromatic rings. The summed E-state index contributed by atoms with van der Waals surface area (Å²) >= 11 is 0. The lowest BCUT2D eigenvalue weighted by Crippen LogP contribution is -2.35. The number of hydrogen-bond acceptors (Lipinski definition) is 4. The van der Waals surface area contributed by atoms with Crippen LogP contribution in [0.15, 0.2) is 30.3 Å². The third-order valence-corrected chi connectivity index (χ3v) is 2.86. The van der Waals surface area contributed by atoms with Gasteiger partial charge in [-0.05, 0) is 18.6 Å². The zero-order valence-corrected chi connectivity index (χ0v) is 11.9. The molecule has 6 heteroatoms. The van der Waals surface area contributed by atoms with E-state index in [9.17, 15) is 9.59 Å². The SMILES string of the molecule is O=C(O)CCN(CCCO)C(=O)CCOc1ccccc1. The first-order chi connectivity index (χ1) is 10.1. The lowest BCUT2D eigenvalue weighted by atomic mass is 10.3. The molecule has 0 heterocycles. The predicted molar refractivity (Wildman–Crippen MR) is 77.1 cm³/mol. The number of aliphatic hydroxyl groups is 1. The van der Waals surface area contributed by atoms with Gasteiger partial charge in [0, 0.05) is 19.7 Å². The van der Waals surface area contributed by atoms with Crippen LogP contribution in [0.5, 0.6) is 5.75 Å². The Kier molecular flexibility index (Phi) is 7.89. The van der Waals surface area contributed by atoms with E-state index in [-0.39, 0.29) is 38.5 Å². The van der Waals surface area contributed by atoms with Gasteiger partial charge in [-0.2, -0.15) is 0 Å². The lowest BCUT2D eigenvalue weighted by molar-refractivity contribution is -0.138. The smallest absolute Gasteiger partial charge is 0.305 e. The monoisotopic (exact) mass is 295 g/mol. The molecule has 0 aliphatic rings. The Bertz CT molecular complexity index is 435. The Morgan fingerprint density at radius 2 is 1.81 bits per heavy atom. The van der Waals surface area contributed by atoms with Crippen molar-refractivity contribution in [2.24, 2.45) is 0 Å². The van der Waals surface area contributed by atoms with Crippen molar-refractivity contribution in [2.75, 3.05) is 26.3 Å². The van der Waals surface area contributed by atoms with Gasteiger partial charge in [0.1, 0.15) is 5.75 Å². The number of hydrogen-bond donors (Lipinski definition) is 2. The van der Waals surface area contributed by atoms with Gasteiger partial charge in [-0.1, -0.05) is 18.2 Å². The highest BCUT2D eigenvalue weighted by Gasteiger charge is 2.14. The molecule has 1 amide bonds. The second-order valence-corrected chi connectivity index (χ2v) is 4.51. The number of benzene rings is 1. The molecule has 0 saturated heterocycles. The van der Waals surface area contributed by atoms with Crippen LogP contribution >= 0.6 is 0 Å². The van der Waals surface area contributed by atoms with Crippen LogP contribution in [0, 0.1) is 0 Å². The molecule has 0 aliphatic heterocycles. The molecule has 0 spiro atoms. The summed E-state index contributed by atoms with van der Waals surface area (Å²) in [6, 6.07) is 9.17. The van der Waals surface area contributed by atoms with E-state index < -0.39 is 5.97 Å². The van der Waals surface area contributed by atoms with Gasteiger partial charge in [0.05, 0.1) is 19.4 Å². The molecule has 0 fully saturated rings. The predicted octanol–water partition coefficient (Wildman–Crippen LogP) is 1.14. The number of aliphatic carboxylic acids is 1. The van der Waals surface area contributed by atoms with E-state index in [2.05, 4.69) is 0 Å². The Morgan fingerprint density at radius 3 is 2.43 bits per heavy atom. The summed E-state index contributed by atoms with van der Waals surface area (Å²) in [6.45, 7) is 0.719. The van der Waals surface area contributed by atoms with Gasteiger partial charge < -0.3 is 19.8 Å². The zero-order valence-electron chi connectivity index (χ0n) is 11.9. The van der Waals surface area contributed by atoms with Gasteiger partial charge in [-0.15, -0.1) is 0 Å². The van der Waals surface area contributed by atoms with E-state index in [1.165, 1.54) is 4.90 Å². The van der Waals surface area contributed by atoms with Crippen LogP contribution in [0.2, 0.25) is 0 Å². The molecular weight excluding hydrogens is 274 g/mol. The van der Waals surface area contributed by atoms with Crippen LogP contribution in [-0.4, -0.2) is 53.3 Å². The normalized spacial score (nSPS) is 10.1. The molecule has 1 rings (SSSR count). The number of rotatable bonds is 10. The van der Waals surface area contributed by atoms with Crippen LogP contribution in [0.1, 0.15) is 19.3 Å². The summed E-state index contributed by atoms with van der Waals surface area (Å²) in [7, 11) is 0. The maximum atomic E-state index is 12.0. The average molecular weight is 295 g/mol. The number of carboxylic acids is 1. The van der Waals surface area contributed by atoms with Crippen molar-refractivity contribution >= 4 is 11.9 Å². The van der Waals surface area contributed by atoms with Crippen LogP contribution in [-0.2, 0) is 9.59 Å². The molecule has 116 valence electrons. The van der Waals surface area contributed by atoms with E-state index in [0.717, 1.165) is 0 Å². The summed E-state index contributed by atoms with van der Waals surface area (Å²) in [4.78, 5) is 24.1. The van der Waals surface area contributed by atoms with Crippen molar-refractivity contribution in [3.8, 4) is 5.75 Å². The molecule has 6 nitrogen and oxygen atoms in total. The van der Waals surface area contributed by atoms with Crippen LogP contribution in [0.4, 0.5) is 0 Å². The number of carboxylic acid groups (broad SMARTS) is 1. The molecule has 0 aliphatic carbocycles. The van der Waals surface area contributed by atoms with Crippen molar-refractivity contribution in [2.45, 2.75) is 19.3 Å². The van der Waals surface area contributed by atoms with E-state index in [1.807, 2.05) is 18.2 Å². The highest BCUT2D eigenvalue weighted by atomic mass is 16.5. The van der Waals surface area contributed by atoms with Crippen LogP contribution < -0.4 is 4.74 Å². The summed E-state index contributed by atoms with van der Waals surface area (Å²) in [5.74, 6) is -0.421. The molecular formula is C15H21NO5. The minimum absolute atomic E-state index is 0.0304. The standard InChI is InChI=1S/C15H21NO5/c17-11-4-9-16(10-7-15(19)20)14(18)8-12-21-13-5-2-1-3-6-13/h1-3,5-6,17H,4,7-12H2,(H,19,20). The van der Waals surface area contributed by atoms with E-state index in [1.54, 1.807) is 12.1 Å². The number of aliphatic hydroxyl groups excluding tert-OH is 1. The van der Waals surface area contributed by atoms with Crippen molar-refractivity contribution in [3.63, 3.8) is 0 Å². The molecule has 0 bridgehead atoms. The second-order valence-electron chi connectivity index (χ2n) is 4.51. The quantitative estimate of drug-likeness (QED) is 0.676. The zero-order chi connectivity index (χ0) is 15.5. The van der Waals surface area contributed by atoms with Gasteiger partial charge in [0.25, 0.3) is 0 Å². The van der Waals surface area contributed by atoms with Crippen molar-refractivity contribution in [1.82, 2.24) is 4.90 Å². The summed E-state index contributed by atoms with van der Waals surface area (Å²) in [5, 5.41) is 17.5. The third-order valence-electron chi connectivity index (χ3n) is 2.86. The number of nitrogens with zero attached hydrogens (tertiary/aromatic N) is 1. The Morgan fingerprint density at radius 1 is 1.10 bits per heavy atom. The molecule has 0 unspecified atom stereocenters. The van der Waals surface area contributed by atoms with E-state index in [4.69, 9.17) is 14.9 Å². The van der Waals surface area contributed by atoms with Gasteiger partial charge in [-0.25, -0.2) is 0 Å². The number of para-hydroxylation sites is 1. The molecule has 1 aromatic carbocycles. The first-order valence-electron chi connectivity index (χ1n) is 6.91. The van der Waals surface area contributed by atoms with Crippen molar-refractivity contribution in [3.05, 3.63) is 30.3 Å². The third kappa shape index (κ3) is 7.31. The van der Waals surface area contributed by atoms with Crippen molar-refractivity contribution in [1.29, 1.82) is 0 Å². The summed E-state index contributed by atoms with van der Waals surface area (Å²) < 4.78 is 5.44. The molecule has 0 radical (unpaired) electrons. The van der Waals surface area contributed by atoms with Crippen LogP contribution in [0.25, 0.3) is 0 Å². The fraction of sp³-hybridized carbons (Fsp3) is 0.467. The summed E-state index contributed by atoms with van der Waals surface area (Å²) in [5.41, 5.74) is 0. The van der Waals surface area contributed by atoms with Gasteiger partial charge in [-0.3, -0.25) is 9.59 Å². The fourth-order valence-electron chi connectivity index (χ4n) is 1.78. The molecule has 0 saturated carbocycles. The van der Waals surface area contributed by atoms with Gasteiger partial charge in [0.2, 0.25) is 5.91 Å². The maximum absolute atomic E-state index is 12.0. The topological polar surface area (TPSA) is 87.1 Å². The number of carbonyl (C=O) groups excluding carboxylic acids is 1. The maximum Gasteiger partial charge on any atom is 0.305 e. The molecule has 0 aromatic heterocycles. The molecule has 0 atom stereocenters. The Hall–Kier alpha value is -2.08. The highest BCUT2D eigenvalue weighted by Crippen LogP contribution is 2.09. The lowest BCUT2D eigenvalue weighted by Gasteiger charge is -2.21. The van der Waals surface area contributed by atoms with Gasteiger partial charge in [0.15, 0.2) is 0 Å². The number of ether oxygens (including phenoxy) is 1. The minimum Gasteiger partial charge on any atom is -0.493 e. The first kappa shape index (κ1) is 17.0. The van der Waals surface area contributed by atoms with Crippen LogP contribution in [0.3, 0.4) is 0 Å². The number of amides is 1. The van der Waals surface area contributed by atoms with E-state index >= 15 is 0 Å². The highest BCUT2D eigenvalue weighted by molar-refractivity contribution is 5.77. The van der Waals surface area contributed by atoms with E-state index in [0.29, 0.717) is 18.7 Å². The largest absolute Gasteiger partial charge is 0.493 e. The first-order valence-corrected chi connectivity index (χ1v) is 6.91.